The Morgan fingerprint density at radius 3 is 2.36 bits per heavy atom. The van der Waals surface area contributed by atoms with Crippen LogP contribution in [0, 0.1) is 30.9 Å². The van der Waals surface area contributed by atoms with Gasteiger partial charge in [-0.2, -0.15) is 5.10 Å². The Bertz CT molecular complexity index is 1650. The molecule has 0 radical (unpaired) electrons. The average Bonchev–Trinajstić information content (AvgIpc) is 3.20. The predicted octanol–water partition coefficient (Wildman–Crippen LogP) is 4.66. The Hall–Kier alpha value is -4.77. The lowest BCUT2D eigenvalue weighted by Gasteiger charge is -2.23. The summed E-state index contributed by atoms with van der Waals surface area (Å²) in [6.45, 7) is 5.28. The van der Waals surface area contributed by atoms with Gasteiger partial charge >= 0.3 is 0 Å². The maximum absolute atomic E-state index is 13.4. The lowest BCUT2D eigenvalue weighted by Crippen LogP contribution is -2.39. The fourth-order valence-corrected chi connectivity index (χ4v) is 5.58. The molecule has 0 aliphatic carbocycles. The molecule has 0 bridgehead atoms. The summed E-state index contributed by atoms with van der Waals surface area (Å²) in [6.07, 6.45) is 1.49. The van der Waals surface area contributed by atoms with Crippen LogP contribution in [0.4, 0.5) is 11.4 Å². The molecular formula is C28H27N5O5S. The minimum atomic E-state index is -4.22. The smallest absolute Gasteiger partial charge is 0.271 e. The molecule has 0 unspecified atom stereocenters. The van der Waals surface area contributed by atoms with Crippen molar-refractivity contribution in [1.82, 2.24) is 9.99 Å². The van der Waals surface area contributed by atoms with Crippen LogP contribution in [-0.2, 0) is 14.8 Å². The van der Waals surface area contributed by atoms with Gasteiger partial charge in [0.1, 0.15) is 6.54 Å². The highest BCUT2D eigenvalue weighted by molar-refractivity contribution is 7.92. The molecule has 0 atom stereocenters. The summed E-state index contributed by atoms with van der Waals surface area (Å²) in [4.78, 5) is 23.5. The average molecular weight is 546 g/mol. The van der Waals surface area contributed by atoms with Gasteiger partial charge in [-0.1, -0.05) is 42.0 Å². The molecule has 0 saturated carbocycles. The number of sulfonamides is 1. The van der Waals surface area contributed by atoms with Crippen molar-refractivity contribution in [3.8, 4) is 5.69 Å². The first-order valence-electron chi connectivity index (χ1n) is 12.0. The largest absolute Gasteiger partial charge is 0.318 e. The molecule has 4 rings (SSSR count). The number of hydrazone groups is 1. The molecule has 200 valence electrons. The molecule has 0 spiro atoms. The van der Waals surface area contributed by atoms with Crippen molar-refractivity contribution in [1.29, 1.82) is 0 Å². The van der Waals surface area contributed by atoms with E-state index in [1.807, 2.05) is 51.1 Å². The second-order valence-electron chi connectivity index (χ2n) is 8.89. The molecule has 1 heterocycles. The van der Waals surface area contributed by atoms with Crippen LogP contribution in [0.5, 0.6) is 0 Å². The number of carbonyl (C=O) groups excluding carboxylic acids is 1. The fraction of sp³-hybridized carbons (Fsp3) is 0.143. The lowest BCUT2D eigenvalue weighted by atomic mass is 10.2. The van der Waals surface area contributed by atoms with Crippen LogP contribution in [0.15, 0.2) is 94.9 Å². The topological polar surface area (TPSA) is 127 Å². The summed E-state index contributed by atoms with van der Waals surface area (Å²) < 4.78 is 29.7. The van der Waals surface area contributed by atoms with Gasteiger partial charge in [-0.25, -0.2) is 13.8 Å². The Balaban J connectivity index is 1.57. The quantitative estimate of drug-likeness (QED) is 0.186. The summed E-state index contributed by atoms with van der Waals surface area (Å²) in [5, 5.41) is 15.3. The molecule has 1 aromatic heterocycles. The molecule has 11 heteroatoms. The van der Waals surface area contributed by atoms with Crippen molar-refractivity contribution in [2.45, 2.75) is 25.7 Å². The maximum atomic E-state index is 13.4. The van der Waals surface area contributed by atoms with E-state index in [0.29, 0.717) is 0 Å². The zero-order valence-electron chi connectivity index (χ0n) is 21.6. The number of aromatic nitrogens is 1. The fourth-order valence-electron chi connectivity index (χ4n) is 4.15. The monoisotopic (exact) mass is 545 g/mol. The first-order chi connectivity index (χ1) is 18.6. The number of nitro groups is 1. The van der Waals surface area contributed by atoms with E-state index < -0.39 is 27.4 Å². The van der Waals surface area contributed by atoms with Crippen molar-refractivity contribution in [2.75, 3.05) is 10.8 Å². The number of nitrogens with one attached hydrogen (secondary N) is 1. The van der Waals surface area contributed by atoms with Gasteiger partial charge in [-0.05, 0) is 57.2 Å². The number of aryl methyl sites for hydroxylation is 2. The summed E-state index contributed by atoms with van der Waals surface area (Å²) in [6, 6.07) is 22.7. The second-order valence-corrected chi connectivity index (χ2v) is 10.8. The van der Waals surface area contributed by atoms with E-state index in [2.05, 4.69) is 15.1 Å². The van der Waals surface area contributed by atoms with E-state index in [4.69, 9.17) is 0 Å². The molecule has 0 aliphatic rings. The van der Waals surface area contributed by atoms with Gasteiger partial charge in [0, 0.05) is 34.8 Å². The maximum Gasteiger partial charge on any atom is 0.271 e. The van der Waals surface area contributed by atoms with Crippen LogP contribution in [0.25, 0.3) is 5.69 Å². The number of amides is 1. The van der Waals surface area contributed by atoms with Crippen LogP contribution in [-0.4, -0.2) is 36.6 Å². The first-order valence-corrected chi connectivity index (χ1v) is 13.4. The third kappa shape index (κ3) is 6.04. The third-order valence-corrected chi connectivity index (χ3v) is 7.89. The summed E-state index contributed by atoms with van der Waals surface area (Å²) >= 11 is 0. The Morgan fingerprint density at radius 2 is 1.69 bits per heavy atom. The number of non-ortho nitro benzene ring substituents is 1. The number of hydrogen-bond acceptors (Lipinski definition) is 6. The summed E-state index contributed by atoms with van der Waals surface area (Å²) in [5.41, 5.74) is 6.88. The van der Waals surface area contributed by atoms with E-state index in [1.165, 1.54) is 36.5 Å². The zero-order valence-corrected chi connectivity index (χ0v) is 22.4. The van der Waals surface area contributed by atoms with Gasteiger partial charge in [-0.3, -0.25) is 19.2 Å². The van der Waals surface area contributed by atoms with Crippen LogP contribution in [0.1, 0.15) is 22.5 Å². The first kappa shape index (κ1) is 27.3. The molecule has 0 aliphatic heterocycles. The molecular weight excluding hydrogens is 518 g/mol. The normalized spacial score (nSPS) is 11.5. The number of hydrogen-bond donors (Lipinski definition) is 1. The number of carbonyl (C=O) groups is 1. The van der Waals surface area contributed by atoms with E-state index in [-0.39, 0.29) is 16.3 Å². The SMILES string of the molecule is Cc1ccc(-n2c(C)cc(/C=N\NC(=O)CN(c3cccc([N+](=O)[O-])c3)S(=O)(=O)c3ccccc3)c2C)cc1. The lowest BCUT2D eigenvalue weighted by molar-refractivity contribution is -0.384. The van der Waals surface area contributed by atoms with Gasteiger partial charge in [-0.15, -0.1) is 0 Å². The molecule has 0 fully saturated rings. The van der Waals surface area contributed by atoms with Gasteiger partial charge in [0.2, 0.25) is 0 Å². The number of anilines is 1. The van der Waals surface area contributed by atoms with Gasteiger partial charge in [0.25, 0.3) is 21.6 Å². The second kappa shape index (κ2) is 11.3. The zero-order chi connectivity index (χ0) is 28.2. The predicted molar refractivity (Wildman–Crippen MR) is 150 cm³/mol. The van der Waals surface area contributed by atoms with E-state index in [1.54, 1.807) is 18.2 Å². The van der Waals surface area contributed by atoms with Crippen molar-refractivity contribution < 1.29 is 18.1 Å². The van der Waals surface area contributed by atoms with Crippen molar-refractivity contribution >= 4 is 33.5 Å². The Morgan fingerprint density at radius 1 is 1.00 bits per heavy atom. The molecule has 1 N–H and O–H groups in total. The Kier molecular flexibility index (Phi) is 7.91. The molecule has 10 nitrogen and oxygen atoms in total. The highest BCUT2D eigenvalue weighted by atomic mass is 32.2. The highest BCUT2D eigenvalue weighted by Gasteiger charge is 2.28. The Labute approximate surface area is 226 Å². The van der Waals surface area contributed by atoms with E-state index in [0.717, 1.165) is 38.6 Å². The van der Waals surface area contributed by atoms with E-state index in [9.17, 15) is 23.3 Å². The third-order valence-electron chi connectivity index (χ3n) is 6.10. The van der Waals surface area contributed by atoms with Gasteiger partial charge < -0.3 is 4.57 Å². The van der Waals surface area contributed by atoms with Gasteiger partial charge in [0.05, 0.1) is 21.7 Å². The molecule has 4 aromatic rings. The minimum Gasteiger partial charge on any atom is -0.318 e. The number of benzene rings is 3. The van der Waals surface area contributed by atoms with Crippen LogP contribution in [0.3, 0.4) is 0 Å². The summed E-state index contributed by atoms with van der Waals surface area (Å²) in [7, 11) is -4.22. The molecule has 39 heavy (non-hydrogen) atoms. The number of nitro benzene ring substituents is 1. The number of rotatable bonds is 9. The summed E-state index contributed by atoms with van der Waals surface area (Å²) in [5.74, 6) is -0.718. The van der Waals surface area contributed by atoms with Crippen molar-refractivity contribution in [3.05, 3.63) is 118 Å². The van der Waals surface area contributed by atoms with Crippen LogP contribution < -0.4 is 9.73 Å². The molecule has 3 aromatic carbocycles. The standard InChI is InChI=1S/C28H27N5O5S/c1-20-12-14-24(15-13-20)32-21(2)16-23(22(32)3)18-29-30-28(34)19-31(25-8-7-9-26(17-25)33(35)36)39(37,38)27-10-5-4-6-11-27/h4-18H,19H2,1-3H3,(H,30,34)/b29-18-. The van der Waals surface area contributed by atoms with Crippen molar-refractivity contribution in [3.63, 3.8) is 0 Å². The molecule has 1 amide bonds. The van der Waals surface area contributed by atoms with E-state index >= 15 is 0 Å². The molecule has 0 saturated heterocycles. The van der Waals surface area contributed by atoms with Crippen molar-refractivity contribution in [2.24, 2.45) is 5.10 Å². The number of nitrogens with zero attached hydrogens (tertiary/aromatic N) is 4. The van der Waals surface area contributed by atoms with Crippen LogP contribution in [0.2, 0.25) is 0 Å². The highest BCUT2D eigenvalue weighted by Crippen LogP contribution is 2.27. The van der Waals surface area contributed by atoms with Crippen LogP contribution >= 0.6 is 0 Å². The van der Waals surface area contributed by atoms with Gasteiger partial charge in [0.15, 0.2) is 0 Å². The minimum absolute atomic E-state index is 0.0196.